The fraction of sp³-hybridized carbons (Fsp3) is 0.423. The second kappa shape index (κ2) is 8.41. The van der Waals surface area contributed by atoms with Crippen LogP contribution in [0.3, 0.4) is 0 Å². The number of nitrogens with zero attached hydrogens (tertiary/aromatic N) is 5. The second-order valence-corrected chi connectivity index (χ2v) is 9.89. The number of hydrogen-bond acceptors (Lipinski definition) is 6. The number of likely N-dealkylation sites (N-methyl/N-ethyl adjacent to an activating group) is 1. The van der Waals surface area contributed by atoms with Gasteiger partial charge in [0.05, 0.1) is 17.0 Å². The summed E-state index contributed by atoms with van der Waals surface area (Å²) in [4.78, 5) is 22.9. The molecule has 3 aromatic rings. The average Bonchev–Trinajstić information content (AvgIpc) is 3.21. The molecule has 1 amide bonds. The van der Waals surface area contributed by atoms with Crippen molar-refractivity contribution in [1.29, 1.82) is 0 Å². The van der Waals surface area contributed by atoms with E-state index >= 15 is 0 Å². The Morgan fingerprint density at radius 2 is 1.86 bits per heavy atom. The number of amides is 1. The number of hydrogen-bond donors (Lipinski definition) is 1. The van der Waals surface area contributed by atoms with E-state index in [0.717, 1.165) is 24.1 Å². The van der Waals surface area contributed by atoms with E-state index in [1.54, 1.807) is 17.0 Å². The molecule has 2 heterocycles. The van der Waals surface area contributed by atoms with Crippen LogP contribution in [0, 0.1) is 17.0 Å². The van der Waals surface area contributed by atoms with Gasteiger partial charge in [-0.25, -0.2) is 18.7 Å². The van der Waals surface area contributed by atoms with E-state index in [4.69, 9.17) is 0 Å². The smallest absolute Gasteiger partial charge is 0.259 e. The van der Waals surface area contributed by atoms with Crippen LogP contribution < -0.4 is 0 Å². The van der Waals surface area contributed by atoms with Crippen LogP contribution in [0.5, 0.6) is 0 Å². The summed E-state index contributed by atoms with van der Waals surface area (Å²) in [6.45, 7) is 6.87. The molecule has 35 heavy (non-hydrogen) atoms. The molecule has 3 atom stereocenters. The minimum absolute atomic E-state index is 0.0557. The van der Waals surface area contributed by atoms with Crippen LogP contribution in [0.15, 0.2) is 42.7 Å². The highest BCUT2D eigenvalue weighted by Crippen LogP contribution is 2.67. The summed E-state index contributed by atoms with van der Waals surface area (Å²) in [5.74, 6) is -1.68. The van der Waals surface area contributed by atoms with Crippen LogP contribution in [-0.2, 0) is 10.2 Å². The summed E-state index contributed by atoms with van der Waals surface area (Å²) >= 11 is 0. The van der Waals surface area contributed by atoms with E-state index in [2.05, 4.69) is 34.0 Å². The highest BCUT2D eigenvalue weighted by Gasteiger charge is 2.64. The van der Waals surface area contributed by atoms with Gasteiger partial charge in [0.15, 0.2) is 11.9 Å². The zero-order chi connectivity index (χ0) is 25.0. The molecule has 5 rings (SSSR count). The van der Waals surface area contributed by atoms with Gasteiger partial charge in [0.1, 0.15) is 11.6 Å². The van der Waals surface area contributed by atoms with Gasteiger partial charge in [-0.3, -0.25) is 4.79 Å². The van der Waals surface area contributed by atoms with Crippen molar-refractivity contribution in [2.24, 2.45) is 5.41 Å². The van der Waals surface area contributed by atoms with Gasteiger partial charge in [0, 0.05) is 30.9 Å². The van der Waals surface area contributed by atoms with Gasteiger partial charge in [0.2, 0.25) is 0 Å². The monoisotopic (exact) mass is 479 g/mol. The van der Waals surface area contributed by atoms with Gasteiger partial charge >= 0.3 is 0 Å². The summed E-state index contributed by atoms with van der Waals surface area (Å²) in [5, 5.41) is 19.4. The minimum atomic E-state index is -1.47. The molecular formula is C26H27F2N5O2. The molecule has 0 aliphatic heterocycles. The maximum atomic E-state index is 14.4. The standard InChI is InChI=1S/C26H27F2N5O2/c1-4-33(24(35)21(34)23-29-11-6-12-30-23)14-26-10-9-16(25(26,2)3)15-13-19(31-32-22(15)26)20-17(27)7-5-8-18(20)28/h5-8,11-13,16,21,34H,4,9-10,14H2,1-3H3/t16-,21-,26-/m0/s1. The highest BCUT2D eigenvalue weighted by molar-refractivity contribution is 5.81. The Hall–Kier alpha value is -3.33. The molecule has 1 saturated carbocycles. The summed E-state index contributed by atoms with van der Waals surface area (Å²) in [6, 6.07) is 7.10. The Bertz CT molecular complexity index is 1270. The highest BCUT2D eigenvalue weighted by atomic mass is 19.1. The number of carbonyl (C=O) groups excluding carboxylic acids is 1. The number of benzene rings is 1. The van der Waals surface area contributed by atoms with Crippen molar-refractivity contribution in [2.75, 3.05) is 13.1 Å². The molecule has 0 spiro atoms. The Morgan fingerprint density at radius 3 is 2.51 bits per heavy atom. The van der Waals surface area contributed by atoms with E-state index < -0.39 is 29.1 Å². The Balaban J connectivity index is 1.52. The summed E-state index contributed by atoms with van der Waals surface area (Å²) < 4.78 is 28.9. The van der Waals surface area contributed by atoms with Crippen molar-refractivity contribution in [3.8, 4) is 11.3 Å². The maximum Gasteiger partial charge on any atom is 0.259 e. The largest absolute Gasteiger partial charge is 0.376 e. The second-order valence-electron chi connectivity index (χ2n) is 9.89. The van der Waals surface area contributed by atoms with Crippen LogP contribution in [0.4, 0.5) is 8.78 Å². The number of aliphatic hydroxyl groups excluding tert-OH is 1. The summed E-state index contributed by atoms with van der Waals surface area (Å²) in [7, 11) is 0. The Kier molecular flexibility index (Phi) is 5.62. The normalized spacial score (nSPS) is 22.6. The number of rotatable bonds is 6. The third-order valence-corrected chi connectivity index (χ3v) is 8.05. The lowest BCUT2D eigenvalue weighted by Crippen LogP contribution is -2.49. The number of aliphatic hydroxyl groups is 1. The molecular weight excluding hydrogens is 452 g/mol. The van der Waals surface area contributed by atoms with Crippen molar-refractivity contribution in [1.82, 2.24) is 25.1 Å². The van der Waals surface area contributed by atoms with Gasteiger partial charge in [-0.1, -0.05) is 19.9 Å². The zero-order valence-corrected chi connectivity index (χ0v) is 19.9. The number of fused-ring (bicyclic) bond motifs is 5. The third-order valence-electron chi connectivity index (χ3n) is 8.05. The lowest BCUT2D eigenvalue weighted by molar-refractivity contribution is -0.142. The molecule has 0 saturated heterocycles. The molecule has 1 fully saturated rings. The Labute approximate surface area is 202 Å². The first-order chi connectivity index (χ1) is 16.7. The zero-order valence-electron chi connectivity index (χ0n) is 19.9. The first-order valence-electron chi connectivity index (χ1n) is 11.8. The van der Waals surface area contributed by atoms with Crippen LogP contribution in [0.1, 0.15) is 62.7 Å². The first-order valence-corrected chi connectivity index (χ1v) is 11.8. The van der Waals surface area contributed by atoms with E-state index in [9.17, 15) is 18.7 Å². The molecule has 182 valence electrons. The Morgan fingerprint density at radius 1 is 1.17 bits per heavy atom. The van der Waals surface area contributed by atoms with Gasteiger partial charge in [-0.2, -0.15) is 10.2 Å². The molecule has 2 aliphatic carbocycles. The van der Waals surface area contributed by atoms with Gasteiger partial charge in [-0.15, -0.1) is 0 Å². The molecule has 1 N–H and O–H groups in total. The lowest BCUT2D eigenvalue weighted by Gasteiger charge is -2.41. The molecule has 1 aromatic carbocycles. The number of halogens is 2. The molecule has 7 nitrogen and oxygen atoms in total. The predicted molar refractivity (Wildman–Crippen MR) is 124 cm³/mol. The van der Waals surface area contributed by atoms with Crippen molar-refractivity contribution >= 4 is 5.91 Å². The fourth-order valence-electron chi connectivity index (χ4n) is 6.05. The average molecular weight is 480 g/mol. The first kappa shape index (κ1) is 23.4. The fourth-order valence-corrected chi connectivity index (χ4v) is 6.05. The summed E-state index contributed by atoms with van der Waals surface area (Å²) in [5.41, 5.74) is 0.875. The molecule has 2 aromatic heterocycles. The third kappa shape index (κ3) is 3.43. The number of aromatic nitrogens is 4. The van der Waals surface area contributed by atoms with Gasteiger partial charge in [0.25, 0.3) is 5.91 Å². The summed E-state index contributed by atoms with van der Waals surface area (Å²) in [6.07, 6.45) is 3.16. The van der Waals surface area contributed by atoms with E-state index in [-0.39, 0.29) is 28.4 Å². The molecule has 2 bridgehead atoms. The maximum absolute atomic E-state index is 14.4. The number of carbonyl (C=O) groups is 1. The van der Waals surface area contributed by atoms with Crippen LogP contribution >= 0.6 is 0 Å². The lowest BCUT2D eigenvalue weighted by atomic mass is 9.68. The molecule has 0 radical (unpaired) electrons. The van der Waals surface area contributed by atoms with Crippen LogP contribution in [0.2, 0.25) is 0 Å². The van der Waals surface area contributed by atoms with Crippen molar-refractivity contribution in [2.45, 2.75) is 51.0 Å². The molecule has 0 unspecified atom stereocenters. The van der Waals surface area contributed by atoms with E-state index in [0.29, 0.717) is 13.1 Å². The van der Waals surface area contributed by atoms with Crippen LogP contribution in [0.25, 0.3) is 11.3 Å². The quantitative estimate of drug-likeness (QED) is 0.576. The van der Waals surface area contributed by atoms with Gasteiger partial charge < -0.3 is 10.0 Å². The molecule has 2 aliphatic rings. The SMILES string of the molecule is CCN(C[C@@]12CC[C@@H](c3cc(-c4c(F)cccc4F)nnc31)C2(C)C)C(=O)[C@@H](O)c1ncccn1. The van der Waals surface area contributed by atoms with E-state index in [1.165, 1.54) is 30.6 Å². The van der Waals surface area contributed by atoms with Crippen molar-refractivity contribution < 1.29 is 18.7 Å². The van der Waals surface area contributed by atoms with Crippen LogP contribution in [-0.4, -0.2) is 49.2 Å². The molecule has 9 heteroatoms. The van der Waals surface area contributed by atoms with Crippen molar-refractivity contribution in [3.05, 3.63) is 71.4 Å². The topological polar surface area (TPSA) is 92.1 Å². The van der Waals surface area contributed by atoms with Crippen molar-refractivity contribution in [3.63, 3.8) is 0 Å². The predicted octanol–water partition coefficient (Wildman–Crippen LogP) is 3.95. The van der Waals surface area contributed by atoms with E-state index in [1.807, 2.05) is 6.92 Å². The minimum Gasteiger partial charge on any atom is -0.376 e. The van der Waals surface area contributed by atoms with Gasteiger partial charge in [-0.05, 0) is 60.9 Å².